The lowest BCUT2D eigenvalue weighted by atomic mass is 10.1. The van der Waals surface area contributed by atoms with Gasteiger partial charge in [-0.3, -0.25) is 0 Å². The van der Waals surface area contributed by atoms with Crippen LogP contribution in [0.25, 0.3) is 10.9 Å². The molecule has 1 aromatic heterocycles. The minimum Gasteiger partial charge on any atom is -0.496 e. The Hall–Kier alpha value is -1.95. The van der Waals surface area contributed by atoms with Gasteiger partial charge in [0.2, 0.25) is 0 Å². The molecule has 76 valence electrons. The van der Waals surface area contributed by atoms with E-state index in [1.165, 1.54) is 0 Å². The Morgan fingerprint density at radius 3 is 2.93 bits per heavy atom. The highest BCUT2D eigenvalue weighted by Crippen LogP contribution is 2.30. The second-order valence-electron chi connectivity index (χ2n) is 3.51. The second-order valence-corrected chi connectivity index (χ2v) is 3.51. The van der Waals surface area contributed by atoms with Gasteiger partial charge in [0.15, 0.2) is 0 Å². The van der Waals surface area contributed by atoms with E-state index >= 15 is 0 Å². The zero-order chi connectivity index (χ0) is 10.8. The van der Waals surface area contributed by atoms with Gasteiger partial charge < -0.3 is 9.72 Å². The first-order chi connectivity index (χ1) is 7.26. The minimum absolute atomic E-state index is 0.378. The lowest BCUT2D eigenvalue weighted by Crippen LogP contribution is -1.91. The number of rotatable bonds is 2. The van der Waals surface area contributed by atoms with E-state index in [4.69, 9.17) is 10.00 Å². The molecule has 2 rings (SSSR count). The zero-order valence-electron chi connectivity index (χ0n) is 8.79. The number of fused-ring (bicyclic) bond motifs is 1. The molecule has 0 fully saturated rings. The first-order valence-corrected chi connectivity index (χ1v) is 4.78. The molecule has 0 radical (unpaired) electrons. The van der Waals surface area contributed by atoms with Gasteiger partial charge in [0, 0.05) is 22.2 Å². The van der Waals surface area contributed by atoms with Crippen molar-refractivity contribution in [1.82, 2.24) is 4.98 Å². The Morgan fingerprint density at radius 2 is 2.27 bits per heavy atom. The van der Waals surface area contributed by atoms with Crippen LogP contribution in [0.2, 0.25) is 0 Å². The highest BCUT2D eigenvalue weighted by atomic mass is 16.5. The lowest BCUT2D eigenvalue weighted by Gasteiger charge is -2.06. The van der Waals surface area contributed by atoms with Crippen LogP contribution < -0.4 is 4.74 Å². The predicted octanol–water partition coefficient (Wildman–Crippen LogP) is 2.55. The average Bonchev–Trinajstić information content (AvgIpc) is 2.58. The van der Waals surface area contributed by atoms with Crippen molar-refractivity contribution in [1.29, 1.82) is 5.26 Å². The third-order valence-electron chi connectivity index (χ3n) is 2.44. The number of hydrogen-bond acceptors (Lipinski definition) is 2. The van der Waals surface area contributed by atoms with Gasteiger partial charge >= 0.3 is 0 Å². The lowest BCUT2D eigenvalue weighted by molar-refractivity contribution is 0.416. The van der Waals surface area contributed by atoms with Crippen molar-refractivity contribution in [2.75, 3.05) is 7.11 Å². The summed E-state index contributed by atoms with van der Waals surface area (Å²) >= 11 is 0. The van der Waals surface area contributed by atoms with Crippen molar-refractivity contribution in [3.8, 4) is 11.8 Å². The summed E-state index contributed by atoms with van der Waals surface area (Å²) < 4.78 is 5.35. The van der Waals surface area contributed by atoms with E-state index in [-0.39, 0.29) is 0 Å². The smallest absolute Gasteiger partial charge is 0.132 e. The molecule has 0 aliphatic heterocycles. The van der Waals surface area contributed by atoms with Crippen molar-refractivity contribution < 1.29 is 4.74 Å². The summed E-state index contributed by atoms with van der Waals surface area (Å²) in [6.45, 7) is 2.00. The van der Waals surface area contributed by atoms with Gasteiger partial charge in [0.05, 0.1) is 19.6 Å². The predicted molar refractivity (Wildman–Crippen MR) is 58.9 cm³/mol. The van der Waals surface area contributed by atoms with Gasteiger partial charge in [0.25, 0.3) is 0 Å². The Labute approximate surface area is 88.3 Å². The largest absolute Gasteiger partial charge is 0.496 e. The fourth-order valence-electron chi connectivity index (χ4n) is 1.83. The Balaban J connectivity index is 2.70. The molecule has 3 heteroatoms. The molecule has 0 unspecified atom stereocenters. The van der Waals surface area contributed by atoms with Crippen molar-refractivity contribution >= 4 is 10.9 Å². The number of nitriles is 1. The maximum Gasteiger partial charge on any atom is 0.132 e. The first-order valence-electron chi connectivity index (χ1n) is 4.78. The zero-order valence-corrected chi connectivity index (χ0v) is 8.79. The van der Waals surface area contributed by atoms with Gasteiger partial charge in [-0.15, -0.1) is 0 Å². The molecule has 0 aliphatic carbocycles. The summed E-state index contributed by atoms with van der Waals surface area (Å²) in [5.74, 6) is 0.804. The van der Waals surface area contributed by atoms with Crippen LogP contribution in [0.15, 0.2) is 18.2 Å². The van der Waals surface area contributed by atoms with Crippen LogP contribution in [0.4, 0.5) is 0 Å². The molecule has 0 aliphatic rings. The number of nitrogens with zero attached hydrogens (tertiary/aromatic N) is 1. The van der Waals surface area contributed by atoms with Crippen LogP contribution in [0.5, 0.6) is 5.75 Å². The van der Waals surface area contributed by atoms with Gasteiger partial charge in [-0.25, -0.2) is 0 Å². The summed E-state index contributed by atoms with van der Waals surface area (Å²) in [5.41, 5.74) is 3.08. The highest BCUT2D eigenvalue weighted by Gasteiger charge is 2.09. The van der Waals surface area contributed by atoms with E-state index in [0.717, 1.165) is 27.9 Å². The molecule has 0 saturated carbocycles. The maximum absolute atomic E-state index is 8.70. The second kappa shape index (κ2) is 3.66. The summed E-state index contributed by atoms with van der Waals surface area (Å²) in [6, 6.07) is 8.09. The minimum atomic E-state index is 0.378. The number of nitrogens with one attached hydrogen (secondary N) is 1. The molecule has 0 spiro atoms. The number of aromatic nitrogens is 1. The summed E-state index contributed by atoms with van der Waals surface area (Å²) in [4.78, 5) is 3.24. The summed E-state index contributed by atoms with van der Waals surface area (Å²) in [7, 11) is 1.64. The molecule has 0 amide bonds. The van der Waals surface area contributed by atoms with Crippen LogP contribution in [0.3, 0.4) is 0 Å². The van der Waals surface area contributed by atoms with Crippen LogP contribution in [0, 0.1) is 18.3 Å². The van der Waals surface area contributed by atoms with E-state index in [9.17, 15) is 0 Å². The molecule has 1 heterocycles. The fourth-order valence-corrected chi connectivity index (χ4v) is 1.83. The third kappa shape index (κ3) is 1.55. The molecular weight excluding hydrogens is 188 g/mol. The quantitative estimate of drug-likeness (QED) is 0.809. The van der Waals surface area contributed by atoms with Crippen molar-refractivity contribution in [2.24, 2.45) is 0 Å². The molecule has 1 N–H and O–H groups in total. The van der Waals surface area contributed by atoms with Gasteiger partial charge in [-0.2, -0.15) is 5.26 Å². The Kier molecular flexibility index (Phi) is 2.34. The van der Waals surface area contributed by atoms with Crippen molar-refractivity contribution in [3.63, 3.8) is 0 Å². The summed E-state index contributed by atoms with van der Waals surface area (Å²) in [6.07, 6.45) is 0.378. The number of hydrogen-bond donors (Lipinski definition) is 1. The average molecular weight is 200 g/mol. The number of benzene rings is 1. The maximum atomic E-state index is 8.70. The highest BCUT2D eigenvalue weighted by molar-refractivity contribution is 5.88. The van der Waals surface area contributed by atoms with E-state index in [2.05, 4.69) is 11.1 Å². The molecular formula is C12H12N2O. The monoisotopic (exact) mass is 200 g/mol. The number of methoxy groups -OCH3 is 1. The molecule has 0 saturated heterocycles. The molecule has 3 nitrogen and oxygen atoms in total. The van der Waals surface area contributed by atoms with E-state index in [0.29, 0.717) is 6.42 Å². The molecule has 15 heavy (non-hydrogen) atoms. The molecule has 2 aromatic rings. The van der Waals surface area contributed by atoms with Crippen molar-refractivity contribution in [2.45, 2.75) is 13.3 Å². The fraction of sp³-hybridized carbons (Fsp3) is 0.250. The van der Waals surface area contributed by atoms with Crippen LogP contribution >= 0.6 is 0 Å². The van der Waals surface area contributed by atoms with E-state index in [1.54, 1.807) is 7.11 Å². The SMILES string of the molecule is COc1c(CC#N)ccc2[nH]c(C)cc12. The molecule has 0 bridgehead atoms. The van der Waals surface area contributed by atoms with E-state index < -0.39 is 0 Å². The van der Waals surface area contributed by atoms with Gasteiger partial charge in [-0.1, -0.05) is 6.07 Å². The molecule has 1 aromatic carbocycles. The first kappa shape index (κ1) is 9.60. The Bertz CT molecular complexity index is 534. The van der Waals surface area contributed by atoms with Gasteiger partial charge in [-0.05, 0) is 19.1 Å². The Morgan fingerprint density at radius 1 is 1.47 bits per heavy atom. The molecule has 0 atom stereocenters. The van der Waals surface area contributed by atoms with Crippen LogP contribution in [-0.2, 0) is 6.42 Å². The van der Waals surface area contributed by atoms with Crippen molar-refractivity contribution in [3.05, 3.63) is 29.5 Å². The number of H-pyrrole nitrogens is 1. The number of ether oxygens (including phenoxy) is 1. The summed E-state index contributed by atoms with van der Waals surface area (Å²) in [5, 5.41) is 9.75. The topological polar surface area (TPSA) is 48.8 Å². The van der Waals surface area contributed by atoms with Crippen LogP contribution in [0.1, 0.15) is 11.3 Å². The number of aryl methyl sites for hydroxylation is 1. The normalized spacial score (nSPS) is 10.2. The standard InChI is InChI=1S/C12H12N2O/c1-8-7-10-11(14-8)4-3-9(5-6-13)12(10)15-2/h3-4,7,14H,5H2,1-2H3. The van der Waals surface area contributed by atoms with Gasteiger partial charge in [0.1, 0.15) is 5.75 Å². The number of aromatic amines is 1. The third-order valence-corrected chi connectivity index (χ3v) is 2.44. The van der Waals surface area contributed by atoms with Crippen LogP contribution in [-0.4, -0.2) is 12.1 Å². The van der Waals surface area contributed by atoms with E-state index in [1.807, 2.05) is 25.1 Å².